The molecule has 3 aliphatic rings. The normalized spacial score (nSPS) is 27.8. The first-order valence-corrected chi connectivity index (χ1v) is 21.9. The molecular formula is C55H66N2O. The van der Waals surface area contributed by atoms with Gasteiger partial charge in [-0.3, -0.25) is 0 Å². The van der Waals surface area contributed by atoms with Gasteiger partial charge in [-0.25, -0.2) is 0 Å². The maximum Gasteiger partial charge on any atom is 0.123 e. The highest BCUT2D eigenvalue weighted by Gasteiger charge is 2.24. The minimum absolute atomic E-state index is 0.172. The van der Waals surface area contributed by atoms with E-state index in [-0.39, 0.29) is 17.9 Å². The van der Waals surface area contributed by atoms with E-state index in [0.29, 0.717) is 5.92 Å². The lowest BCUT2D eigenvalue weighted by atomic mass is 9.89. The molecule has 0 fully saturated rings. The van der Waals surface area contributed by atoms with Gasteiger partial charge in [0.05, 0.1) is 6.61 Å². The zero-order valence-corrected chi connectivity index (χ0v) is 36.2. The Balaban J connectivity index is 1.47. The topological polar surface area (TPSA) is 15.7 Å². The molecule has 3 heterocycles. The largest absolute Gasteiger partial charge is 0.493 e. The number of rotatable bonds is 9. The Hall–Kier alpha value is -5.28. The van der Waals surface area contributed by atoms with Gasteiger partial charge in [-0.2, -0.15) is 0 Å². The molecule has 3 aromatic rings. The Kier molecular flexibility index (Phi) is 15.3. The van der Waals surface area contributed by atoms with Crippen LogP contribution in [0.3, 0.4) is 0 Å². The maximum atomic E-state index is 6.50. The third-order valence-corrected chi connectivity index (χ3v) is 11.8. The third-order valence-electron chi connectivity index (χ3n) is 11.8. The van der Waals surface area contributed by atoms with Crippen LogP contribution in [0.1, 0.15) is 103 Å². The zero-order chi connectivity index (χ0) is 40.9. The van der Waals surface area contributed by atoms with Crippen LogP contribution in [0.5, 0.6) is 5.75 Å². The van der Waals surface area contributed by atoms with Crippen molar-refractivity contribution in [1.82, 2.24) is 0 Å². The molecule has 4 atom stereocenters. The van der Waals surface area contributed by atoms with Gasteiger partial charge in [-0.05, 0) is 98.1 Å². The molecule has 0 spiro atoms. The second kappa shape index (κ2) is 20.9. The lowest BCUT2D eigenvalue weighted by molar-refractivity contribution is 0.303. The second-order valence-corrected chi connectivity index (χ2v) is 16.2. The van der Waals surface area contributed by atoms with Crippen LogP contribution >= 0.6 is 0 Å². The van der Waals surface area contributed by atoms with Gasteiger partial charge in [0.2, 0.25) is 0 Å². The number of benzene rings is 3. The Labute approximate surface area is 350 Å². The molecule has 0 saturated heterocycles. The highest BCUT2D eigenvalue weighted by molar-refractivity contribution is 5.68. The molecule has 0 N–H and O–H groups in total. The fraction of sp³-hybridized carbons (Fsp3) is 0.345. The Morgan fingerprint density at radius 2 is 1.41 bits per heavy atom. The van der Waals surface area contributed by atoms with Gasteiger partial charge in [0.15, 0.2) is 0 Å². The summed E-state index contributed by atoms with van der Waals surface area (Å²) in [5.74, 6) is 1.75. The van der Waals surface area contributed by atoms with Crippen LogP contribution in [-0.4, -0.2) is 19.2 Å². The van der Waals surface area contributed by atoms with Crippen LogP contribution in [0, 0.1) is 11.8 Å². The predicted octanol–water partition coefficient (Wildman–Crippen LogP) is 14.7. The van der Waals surface area contributed by atoms with Crippen LogP contribution in [0.2, 0.25) is 0 Å². The first-order valence-electron chi connectivity index (χ1n) is 21.9. The van der Waals surface area contributed by atoms with Crippen LogP contribution in [0.15, 0.2) is 174 Å². The van der Waals surface area contributed by atoms with Crippen LogP contribution < -0.4 is 14.5 Å². The quantitative estimate of drug-likeness (QED) is 0.216. The molecule has 3 aliphatic heterocycles. The number of fused-ring (bicyclic) bond motifs is 1. The molecule has 0 bridgehead atoms. The fourth-order valence-corrected chi connectivity index (χ4v) is 8.59. The molecule has 0 amide bonds. The van der Waals surface area contributed by atoms with Crippen molar-refractivity contribution in [2.45, 2.75) is 99.0 Å². The molecular weight excluding hydrogens is 705 g/mol. The summed E-state index contributed by atoms with van der Waals surface area (Å²) in [5, 5.41) is 0. The van der Waals surface area contributed by atoms with E-state index < -0.39 is 0 Å². The van der Waals surface area contributed by atoms with E-state index in [0.717, 1.165) is 57.4 Å². The molecule has 3 aromatic carbocycles. The molecule has 3 nitrogen and oxygen atoms in total. The summed E-state index contributed by atoms with van der Waals surface area (Å²) in [6, 6.07) is 27.3. The summed E-state index contributed by atoms with van der Waals surface area (Å²) >= 11 is 0. The first kappa shape index (κ1) is 42.3. The van der Waals surface area contributed by atoms with E-state index in [2.05, 4.69) is 210 Å². The average molecular weight is 771 g/mol. The van der Waals surface area contributed by atoms with Crippen molar-refractivity contribution in [3.05, 3.63) is 191 Å². The Bertz CT molecular complexity index is 2120. The van der Waals surface area contributed by atoms with E-state index in [4.69, 9.17) is 4.74 Å². The summed E-state index contributed by atoms with van der Waals surface area (Å²) in [5.41, 5.74) is 13.0. The highest BCUT2D eigenvalue weighted by atomic mass is 16.5. The van der Waals surface area contributed by atoms with Crippen LogP contribution in [0.4, 0.5) is 11.4 Å². The van der Waals surface area contributed by atoms with Crippen LogP contribution in [0.25, 0.3) is 5.57 Å². The van der Waals surface area contributed by atoms with E-state index in [1.165, 1.54) is 56.2 Å². The number of allylic oxidation sites excluding steroid dienone is 16. The maximum absolute atomic E-state index is 6.50. The van der Waals surface area contributed by atoms with E-state index in [9.17, 15) is 0 Å². The summed E-state index contributed by atoms with van der Waals surface area (Å²) in [6.45, 7) is 17.5. The highest BCUT2D eigenvalue weighted by Crippen LogP contribution is 2.38. The lowest BCUT2D eigenvalue weighted by Crippen LogP contribution is -2.32. The predicted molar refractivity (Wildman–Crippen MR) is 252 cm³/mol. The number of hydrogen-bond acceptors (Lipinski definition) is 3. The minimum atomic E-state index is 0.172. The zero-order valence-electron chi connectivity index (χ0n) is 36.2. The standard InChI is InChI=1S/C55H66N2O/c1-8-10-31-51-41(3)24-17-18-25-44(6)57(45(51)7)50-30-22-29-49(40-50)56-35-20-13-14-23-42(4)52(32-11-9-2)54(56)39-46-33-34-55-53(38-46)43(5)37-48(28-19-21-36-58-55)47-26-15-12-16-27-47/h10-18,20,22-27,29-34,37-38,40-44H,8-9,19,21,28,35-36,39H2,1-7H3/b20-13-,23-14-,24-17-,25-18-,31-10-,32-11-,48-37+,51-45-,54-52-. The van der Waals surface area contributed by atoms with Crippen molar-refractivity contribution in [2.24, 2.45) is 11.8 Å². The van der Waals surface area contributed by atoms with Gasteiger partial charge in [-0.1, -0.05) is 162 Å². The van der Waals surface area contributed by atoms with Gasteiger partial charge in [0, 0.05) is 65.1 Å². The van der Waals surface area contributed by atoms with Gasteiger partial charge in [0.25, 0.3) is 0 Å². The Morgan fingerprint density at radius 3 is 2.19 bits per heavy atom. The van der Waals surface area contributed by atoms with Crippen molar-refractivity contribution in [3.63, 3.8) is 0 Å². The molecule has 6 rings (SSSR count). The van der Waals surface area contributed by atoms with Crippen LogP contribution in [-0.2, 0) is 6.42 Å². The van der Waals surface area contributed by atoms with E-state index in [1.807, 2.05) is 0 Å². The SMILES string of the molecule is CC/C=C\C1=C(/Cc2ccc3c(c2)C(C)/C=C(/c2ccccc2)CCCCO3)N(c2cccc(N3/C(C)=C(/C=C\CC)C(C)/C=C\C=C/C3C)c2)C/C=C\C=C/C1C. The van der Waals surface area contributed by atoms with E-state index >= 15 is 0 Å². The van der Waals surface area contributed by atoms with Gasteiger partial charge >= 0.3 is 0 Å². The fourth-order valence-electron chi connectivity index (χ4n) is 8.59. The number of nitrogens with zero attached hydrogens (tertiary/aromatic N) is 2. The molecule has 0 saturated carbocycles. The third kappa shape index (κ3) is 10.6. The summed E-state index contributed by atoms with van der Waals surface area (Å²) in [4.78, 5) is 5.09. The van der Waals surface area contributed by atoms with E-state index in [1.54, 1.807) is 0 Å². The summed E-state index contributed by atoms with van der Waals surface area (Å²) in [7, 11) is 0. The average Bonchev–Trinajstić information content (AvgIpc) is 3.33. The van der Waals surface area contributed by atoms with Gasteiger partial charge in [-0.15, -0.1) is 0 Å². The number of anilines is 2. The Morgan fingerprint density at radius 1 is 0.707 bits per heavy atom. The van der Waals surface area contributed by atoms with Crippen molar-refractivity contribution in [3.8, 4) is 5.75 Å². The smallest absolute Gasteiger partial charge is 0.123 e. The molecule has 302 valence electrons. The van der Waals surface area contributed by atoms with Crippen molar-refractivity contribution in [2.75, 3.05) is 23.0 Å². The van der Waals surface area contributed by atoms with Crippen molar-refractivity contribution < 1.29 is 4.74 Å². The molecule has 3 heteroatoms. The molecule has 58 heavy (non-hydrogen) atoms. The second-order valence-electron chi connectivity index (χ2n) is 16.2. The first-order chi connectivity index (χ1) is 28.3. The van der Waals surface area contributed by atoms with Gasteiger partial charge < -0.3 is 14.5 Å². The van der Waals surface area contributed by atoms with Gasteiger partial charge in [0.1, 0.15) is 5.75 Å². The molecule has 0 radical (unpaired) electrons. The molecule has 0 aliphatic carbocycles. The summed E-state index contributed by atoms with van der Waals surface area (Å²) in [6.07, 6.45) is 36.0. The molecule has 4 unspecified atom stereocenters. The lowest BCUT2D eigenvalue weighted by Gasteiger charge is -2.35. The molecule has 0 aromatic heterocycles. The monoisotopic (exact) mass is 771 g/mol. The minimum Gasteiger partial charge on any atom is -0.493 e. The van der Waals surface area contributed by atoms with Crippen molar-refractivity contribution in [1.29, 1.82) is 0 Å². The number of hydrogen-bond donors (Lipinski definition) is 0. The van der Waals surface area contributed by atoms with Crippen molar-refractivity contribution >= 4 is 16.9 Å². The number of ether oxygens (including phenoxy) is 1. The summed E-state index contributed by atoms with van der Waals surface area (Å²) < 4.78 is 6.50.